The monoisotopic (exact) mass is 433 g/mol. The Kier molecular flexibility index (Phi) is 6.12. The Morgan fingerprint density at radius 2 is 1.68 bits per heavy atom. The van der Waals surface area contributed by atoms with Gasteiger partial charge in [-0.3, -0.25) is 0 Å². The van der Waals surface area contributed by atoms with Gasteiger partial charge in [0.05, 0.1) is 25.6 Å². The third kappa shape index (κ3) is 3.94. The molecule has 0 aromatic heterocycles. The lowest BCUT2D eigenvalue weighted by atomic mass is 10.1. The van der Waals surface area contributed by atoms with Crippen LogP contribution in [0.4, 0.5) is 5.69 Å². The molecule has 0 N–H and O–H groups in total. The predicted molar refractivity (Wildman–Crippen MR) is 119 cm³/mol. The van der Waals surface area contributed by atoms with Crippen LogP contribution in [0.25, 0.3) is 0 Å². The van der Waals surface area contributed by atoms with E-state index in [0.29, 0.717) is 45.5 Å². The fraction of sp³-hybridized carbons (Fsp3) is 0.200. The van der Waals surface area contributed by atoms with Crippen LogP contribution in [-0.2, 0) is 14.8 Å². The van der Waals surface area contributed by atoms with Gasteiger partial charge in [-0.15, -0.1) is 0 Å². The van der Waals surface area contributed by atoms with Crippen LogP contribution in [-0.4, -0.2) is 32.4 Å². The highest BCUT2D eigenvalue weighted by molar-refractivity contribution is 7.99. The van der Waals surface area contributed by atoms with Crippen LogP contribution in [0.2, 0.25) is 0 Å². The first kappa shape index (κ1) is 20.4. The van der Waals surface area contributed by atoms with Crippen molar-refractivity contribution < 1.29 is 17.9 Å². The third-order valence-corrected chi connectivity index (χ3v) is 7.01. The van der Waals surface area contributed by atoms with Crippen molar-refractivity contribution in [3.63, 3.8) is 0 Å². The molecule has 0 fully saturated rings. The zero-order chi connectivity index (χ0) is 20.3. The molecule has 0 amide bonds. The minimum Gasteiger partial charge on any atom is -0.501 e. The lowest BCUT2D eigenvalue weighted by molar-refractivity contribution is 0.287. The van der Waals surface area contributed by atoms with Crippen LogP contribution in [0.1, 0.15) is 12.8 Å². The summed E-state index contributed by atoms with van der Waals surface area (Å²) >= 11 is 10.8. The molecule has 0 saturated carbocycles. The predicted octanol–water partition coefficient (Wildman–Crippen LogP) is 4.23. The molecule has 0 heterocycles. The summed E-state index contributed by atoms with van der Waals surface area (Å²) in [7, 11) is -0.856. The second-order valence-corrected chi connectivity index (χ2v) is 8.78. The van der Waals surface area contributed by atoms with Gasteiger partial charge in [-0.2, -0.15) is 0 Å². The minimum absolute atomic E-state index is 0.103. The number of benzene rings is 1. The average molecular weight is 434 g/mol. The normalized spacial score (nSPS) is 16.9. The SMILES string of the molecule is COC1=CC=C(N(c2ccc(OC)cc2)S(=O)(=O)C2=CC=CCC2=S)C(=S)C1. The number of sulfonamides is 1. The van der Waals surface area contributed by atoms with Gasteiger partial charge in [0, 0.05) is 22.6 Å². The second kappa shape index (κ2) is 8.38. The van der Waals surface area contributed by atoms with Gasteiger partial charge in [-0.05, 0) is 42.5 Å². The first-order valence-corrected chi connectivity index (χ1v) is 10.7. The highest BCUT2D eigenvalue weighted by Crippen LogP contribution is 2.33. The van der Waals surface area contributed by atoms with E-state index in [-0.39, 0.29) is 4.91 Å². The standard InChI is InChI=1S/C20H19NO4S3/c1-24-15-9-7-14(8-10-15)21(17-12-11-16(25-2)13-19(17)27)28(22,23)20-6-4-3-5-18(20)26/h3-4,6-12H,5,13H2,1-2H3. The summed E-state index contributed by atoms with van der Waals surface area (Å²) in [4.78, 5) is 0.944. The molecule has 0 saturated heterocycles. The Hall–Kier alpha value is -2.29. The van der Waals surface area contributed by atoms with Crippen LogP contribution in [0.3, 0.4) is 0 Å². The number of anilines is 1. The van der Waals surface area contributed by atoms with Crippen molar-refractivity contribution in [1.29, 1.82) is 0 Å². The Morgan fingerprint density at radius 3 is 2.25 bits per heavy atom. The summed E-state index contributed by atoms with van der Waals surface area (Å²) in [6, 6.07) is 6.76. The fourth-order valence-corrected chi connectivity index (χ4v) is 5.36. The molecule has 0 aliphatic heterocycles. The number of rotatable bonds is 6. The van der Waals surface area contributed by atoms with Crippen molar-refractivity contribution in [1.82, 2.24) is 0 Å². The summed E-state index contributed by atoms with van der Waals surface area (Å²) < 4.78 is 38.9. The molecule has 3 rings (SSSR count). The largest absolute Gasteiger partial charge is 0.501 e. The molecule has 5 nitrogen and oxygen atoms in total. The fourth-order valence-electron chi connectivity index (χ4n) is 2.87. The van der Waals surface area contributed by atoms with E-state index in [1.807, 2.05) is 6.08 Å². The molecule has 0 atom stereocenters. The Labute approximate surface area is 175 Å². The number of allylic oxidation sites excluding steroid dienone is 8. The van der Waals surface area contributed by atoms with Gasteiger partial charge in [-0.1, -0.05) is 36.6 Å². The maximum Gasteiger partial charge on any atom is 0.269 e. The Bertz CT molecular complexity index is 1030. The average Bonchev–Trinajstić information content (AvgIpc) is 2.70. The highest BCUT2D eigenvalue weighted by Gasteiger charge is 2.34. The van der Waals surface area contributed by atoms with Crippen molar-refractivity contribution in [2.75, 3.05) is 18.5 Å². The lowest BCUT2D eigenvalue weighted by Crippen LogP contribution is -2.36. The summed E-state index contributed by atoms with van der Waals surface area (Å²) in [5.74, 6) is 1.30. The molecule has 1 aromatic carbocycles. The quantitative estimate of drug-likeness (QED) is 0.626. The molecule has 1 aromatic rings. The van der Waals surface area contributed by atoms with Gasteiger partial charge in [0.1, 0.15) is 16.4 Å². The van der Waals surface area contributed by atoms with Crippen LogP contribution in [0.5, 0.6) is 5.75 Å². The molecule has 0 bridgehead atoms. The van der Waals surface area contributed by atoms with Crippen LogP contribution >= 0.6 is 24.4 Å². The van der Waals surface area contributed by atoms with E-state index >= 15 is 0 Å². The van der Waals surface area contributed by atoms with Crippen molar-refractivity contribution in [2.45, 2.75) is 12.8 Å². The summed E-state index contributed by atoms with van der Waals surface area (Å²) in [6.45, 7) is 0. The second-order valence-electron chi connectivity index (χ2n) is 6.04. The van der Waals surface area contributed by atoms with E-state index in [0.717, 1.165) is 0 Å². The molecule has 146 valence electrons. The van der Waals surface area contributed by atoms with E-state index in [1.165, 1.54) is 10.4 Å². The molecule has 2 aliphatic rings. The number of thiocarbonyl (C=S) groups is 2. The van der Waals surface area contributed by atoms with Crippen molar-refractivity contribution >= 4 is 49.9 Å². The zero-order valence-corrected chi connectivity index (χ0v) is 17.9. The van der Waals surface area contributed by atoms with E-state index in [1.54, 1.807) is 56.7 Å². The van der Waals surface area contributed by atoms with Gasteiger partial charge in [0.25, 0.3) is 10.0 Å². The minimum atomic E-state index is -3.97. The molecular weight excluding hydrogens is 414 g/mol. The van der Waals surface area contributed by atoms with Gasteiger partial charge in [0.15, 0.2) is 0 Å². The summed E-state index contributed by atoms with van der Waals surface area (Å²) in [5.41, 5.74) is 0.848. The van der Waals surface area contributed by atoms with Crippen LogP contribution in [0.15, 0.2) is 71.0 Å². The van der Waals surface area contributed by atoms with Gasteiger partial charge in [0.2, 0.25) is 0 Å². The highest BCUT2D eigenvalue weighted by atomic mass is 32.2. The first-order valence-electron chi connectivity index (χ1n) is 8.46. The molecule has 28 heavy (non-hydrogen) atoms. The molecule has 8 heteroatoms. The van der Waals surface area contributed by atoms with E-state index in [4.69, 9.17) is 33.9 Å². The van der Waals surface area contributed by atoms with Crippen LogP contribution < -0.4 is 9.04 Å². The van der Waals surface area contributed by atoms with E-state index in [2.05, 4.69) is 0 Å². The molecular formula is C20H19NO4S3. The molecule has 0 radical (unpaired) electrons. The smallest absolute Gasteiger partial charge is 0.269 e. The topological polar surface area (TPSA) is 55.8 Å². The summed E-state index contributed by atoms with van der Waals surface area (Å²) in [6.07, 6.45) is 9.21. The van der Waals surface area contributed by atoms with Crippen LogP contribution in [0, 0.1) is 0 Å². The van der Waals surface area contributed by atoms with Gasteiger partial charge >= 0.3 is 0 Å². The number of hydrogen-bond donors (Lipinski definition) is 0. The lowest BCUT2D eigenvalue weighted by Gasteiger charge is -2.30. The number of nitrogens with zero attached hydrogens (tertiary/aromatic N) is 1. The number of hydrogen-bond acceptors (Lipinski definition) is 6. The Morgan fingerprint density at radius 1 is 0.964 bits per heavy atom. The number of ether oxygens (including phenoxy) is 2. The Balaban J connectivity index is 2.17. The number of methoxy groups -OCH3 is 2. The zero-order valence-electron chi connectivity index (χ0n) is 15.4. The van der Waals surface area contributed by atoms with Crippen molar-refractivity contribution in [3.05, 3.63) is 71.0 Å². The summed E-state index contributed by atoms with van der Waals surface area (Å²) in [5, 5.41) is 0. The third-order valence-electron chi connectivity index (χ3n) is 4.32. The molecule has 0 spiro atoms. The van der Waals surface area contributed by atoms with E-state index < -0.39 is 10.0 Å². The van der Waals surface area contributed by atoms with Gasteiger partial charge in [-0.25, -0.2) is 12.7 Å². The van der Waals surface area contributed by atoms with Gasteiger partial charge < -0.3 is 9.47 Å². The maximum absolute atomic E-state index is 13.6. The van der Waals surface area contributed by atoms with E-state index in [9.17, 15) is 8.42 Å². The molecule has 2 aliphatic carbocycles. The van der Waals surface area contributed by atoms with Crippen molar-refractivity contribution in [3.8, 4) is 5.75 Å². The molecule has 0 unspecified atom stereocenters. The van der Waals surface area contributed by atoms with Crippen molar-refractivity contribution in [2.24, 2.45) is 0 Å². The first-order chi connectivity index (χ1) is 13.4. The maximum atomic E-state index is 13.6.